The van der Waals surface area contributed by atoms with Crippen molar-refractivity contribution in [2.24, 2.45) is 0 Å². The number of carbonyl (C=O) groups is 3. The summed E-state index contributed by atoms with van der Waals surface area (Å²) >= 11 is 0. The number of halogens is 1. The van der Waals surface area contributed by atoms with Crippen LogP contribution in [0.3, 0.4) is 0 Å². The Balaban J connectivity index is 1.64. The molecular formula is C27H30FN5O3. The molecule has 1 atom stereocenters. The first-order valence-corrected chi connectivity index (χ1v) is 12.4. The summed E-state index contributed by atoms with van der Waals surface area (Å²) in [6.07, 6.45) is 8.45. The Morgan fingerprint density at radius 1 is 1.19 bits per heavy atom. The zero-order valence-electron chi connectivity index (χ0n) is 20.5. The number of hydrogen-bond acceptors (Lipinski definition) is 4. The van der Waals surface area contributed by atoms with Crippen molar-refractivity contribution < 1.29 is 18.8 Å². The molecule has 5 rings (SSSR count). The highest BCUT2D eigenvalue weighted by Gasteiger charge is 2.49. The second-order valence-electron chi connectivity index (χ2n) is 9.99. The van der Waals surface area contributed by atoms with E-state index in [0.717, 1.165) is 37.7 Å². The number of hydrogen-bond donors (Lipinski definition) is 2. The molecule has 9 heteroatoms. The van der Waals surface area contributed by atoms with Gasteiger partial charge in [0.25, 0.3) is 5.91 Å². The van der Waals surface area contributed by atoms with Gasteiger partial charge in [-0.2, -0.15) is 0 Å². The minimum atomic E-state index is -1.22. The molecule has 2 aromatic heterocycles. The highest BCUT2D eigenvalue weighted by molar-refractivity contribution is 6.14. The van der Waals surface area contributed by atoms with Crippen molar-refractivity contribution in [3.8, 4) is 0 Å². The van der Waals surface area contributed by atoms with Crippen molar-refractivity contribution in [2.75, 3.05) is 5.32 Å². The molecule has 1 aromatic carbocycles. The number of carbonyl (C=O) groups excluding carboxylic acids is 3. The predicted octanol–water partition coefficient (Wildman–Crippen LogP) is 4.00. The number of amides is 3. The minimum Gasteiger partial charge on any atom is -0.351 e. The van der Waals surface area contributed by atoms with Crippen molar-refractivity contribution >= 4 is 34.3 Å². The van der Waals surface area contributed by atoms with Gasteiger partial charge >= 0.3 is 0 Å². The molecule has 0 unspecified atom stereocenters. The molecule has 2 aliphatic rings. The van der Waals surface area contributed by atoms with Crippen molar-refractivity contribution in [1.29, 1.82) is 0 Å². The van der Waals surface area contributed by atoms with Crippen LogP contribution in [0.15, 0.2) is 42.7 Å². The van der Waals surface area contributed by atoms with Gasteiger partial charge in [0.05, 0.1) is 17.7 Å². The van der Waals surface area contributed by atoms with E-state index in [1.54, 1.807) is 40.9 Å². The first-order valence-electron chi connectivity index (χ1n) is 12.4. The molecule has 188 valence electrons. The van der Waals surface area contributed by atoms with Crippen molar-refractivity contribution in [1.82, 2.24) is 19.8 Å². The van der Waals surface area contributed by atoms with Crippen LogP contribution >= 0.6 is 0 Å². The largest absolute Gasteiger partial charge is 0.351 e. The Morgan fingerprint density at radius 2 is 1.97 bits per heavy atom. The molecule has 1 fully saturated rings. The lowest BCUT2D eigenvalue weighted by Crippen LogP contribution is -2.64. The fourth-order valence-electron chi connectivity index (χ4n) is 5.46. The number of pyridine rings is 1. The molecule has 3 heterocycles. The highest BCUT2D eigenvalue weighted by atomic mass is 19.1. The third kappa shape index (κ3) is 4.23. The van der Waals surface area contributed by atoms with Crippen LogP contribution in [-0.2, 0) is 22.7 Å². The number of rotatable bonds is 5. The van der Waals surface area contributed by atoms with Crippen LogP contribution in [0, 0.1) is 5.82 Å². The van der Waals surface area contributed by atoms with Gasteiger partial charge in [0.15, 0.2) is 0 Å². The monoisotopic (exact) mass is 491 g/mol. The summed E-state index contributed by atoms with van der Waals surface area (Å²) in [7, 11) is 0. The topological polar surface area (TPSA) is 96.3 Å². The van der Waals surface area contributed by atoms with Gasteiger partial charge in [-0.05, 0) is 49.6 Å². The van der Waals surface area contributed by atoms with E-state index in [-0.39, 0.29) is 42.3 Å². The second-order valence-corrected chi connectivity index (χ2v) is 9.99. The van der Waals surface area contributed by atoms with E-state index in [1.165, 1.54) is 19.1 Å². The van der Waals surface area contributed by atoms with Gasteiger partial charge in [-0.15, -0.1) is 0 Å². The summed E-state index contributed by atoms with van der Waals surface area (Å²) in [6.45, 7) is 3.44. The summed E-state index contributed by atoms with van der Waals surface area (Å²) in [5, 5.41) is 6.36. The van der Waals surface area contributed by atoms with Gasteiger partial charge in [0.2, 0.25) is 11.8 Å². The third-order valence-corrected chi connectivity index (χ3v) is 7.33. The van der Waals surface area contributed by atoms with Crippen molar-refractivity contribution in [2.45, 2.75) is 70.6 Å². The molecule has 0 bridgehead atoms. The van der Waals surface area contributed by atoms with Gasteiger partial charge in [-0.1, -0.05) is 25.3 Å². The van der Waals surface area contributed by atoms with Crippen molar-refractivity contribution in [3.05, 3.63) is 59.8 Å². The summed E-state index contributed by atoms with van der Waals surface area (Å²) in [5.41, 5.74) is 0.636. The lowest BCUT2D eigenvalue weighted by Gasteiger charge is -2.45. The molecule has 8 nitrogen and oxygen atoms in total. The van der Waals surface area contributed by atoms with Gasteiger partial charge in [-0.3, -0.25) is 19.4 Å². The van der Waals surface area contributed by atoms with Crippen LogP contribution in [0.2, 0.25) is 0 Å². The molecule has 0 radical (unpaired) electrons. The Morgan fingerprint density at radius 3 is 2.67 bits per heavy atom. The predicted molar refractivity (Wildman–Crippen MR) is 134 cm³/mol. The maximum atomic E-state index is 14.2. The first-order chi connectivity index (χ1) is 17.3. The zero-order valence-corrected chi connectivity index (χ0v) is 20.5. The summed E-state index contributed by atoms with van der Waals surface area (Å²) < 4.78 is 16.0. The van der Waals surface area contributed by atoms with E-state index in [2.05, 4.69) is 15.6 Å². The quantitative estimate of drug-likeness (QED) is 0.564. The number of fused-ring (bicyclic) bond motifs is 3. The molecule has 1 saturated carbocycles. The summed E-state index contributed by atoms with van der Waals surface area (Å²) in [6, 6.07) is 7.93. The van der Waals surface area contributed by atoms with Crippen LogP contribution < -0.4 is 10.6 Å². The van der Waals surface area contributed by atoms with Gasteiger partial charge < -0.3 is 20.1 Å². The zero-order chi connectivity index (χ0) is 25.4. The molecular weight excluding hydrogens is 461 g/mol. The number of nitrogens with zero attached hydrogens (tertiary/aromatic N) is 3. The SMILES string of the molecule is CC(=O)Nc1c2n(c3ccc(F)cc13)C[C@@](C)(C(=O)NC1CCCCC1)N(Cc1cccnc1)C2=O. The van der Waals surface area contributed by atoms with E-state index in [1.807, 2.05) is 6.07 Å². The Labute approximate surface area is 208 Å². The number of nitrogens with one attached hydrogen (secondary N) is 2. The van der Waals surface area contributed by atoms with E-state index in [0.29, 0.717) is 10.9 Å². The second kappa shape index (κ2) is 9.37. The molecule has 2 N–H and O–H groups in total. The smallest absolute Gasteiger partial charge is 0.273 e. The molecule has 0 spiro atoms. The van der Waals surface area contributed by atoms with Crippen LogP contribution in [0.5, 0.6) is 0 Å². The van der Waals surface area contributed by atoms with Gasteiger partial charge in [0, 0.05) is 37.3 Å². The van der Waals surface area contributed by atoms with Gasteiger partial charge in [0.1, 0.15) is 17.1 Å². The van der Waals surface area contributed by atoms with E-state index < -0.39 is 17.3 Å². The Bertz CT molecular complexity index is 1330. The molecule has 36 heavy (non-hydrogen) atoms. The van der Waals surface area contributed by atoms with Crippen LogP contribution in [0.25, 0.3) is 10.9 Å². The molecule has 0 saturated heterocycles. The van der Waals surface area contributed by atoms with Crippen LogP contribution in [-0.4, -0.2) is 43.8 Å². The maximum absolute atomic E-state index is 14.2. The standard InChI is InChI=1S/C27H30FN5O3/c1-17(34)30-23-21-13-19(28)10-11-22(21)32-16-27(2,26(36)31-20-8-4-3-5-9-20)33(25(35)24(23)32)15-18-7-6-12-29-14-18/h6-7,10-14,20H,3-5,8-9,15-16H2,1-2H3,(H,30,34)(H,31,36)/t27-/m0/s1. The third-order valence-electron chi connectivity index (χ3n) is 7.33. The lowest BCUT2D eigenvalue weighted by molar-refractivity contribution is -0.134. The minimum absolute atomic E-state index is 0.0743. The lowest BCUT2D eigenvalue weighted by atomic mass is 9.91. The van der Waals surface area contributed by atoms with Crippen LogP contribution in [0.4, 0.5) is 10.1 Å². The average Bonchev–Trinajstić information content (AvgIpc) is 3.14. The highest BCUT2D eigenvalue weighted by Crippen LogP contribution is 2.39. The fourth-order valence-corrected chi connectivity index (χ4v) is 5.46. The Kier molecular flexibility index (Phi) is 6.24. The molecule has 1 aliphatic heterocycles. The molecule has 3 aromatic rings. The van der Waals surface area contributed by atoms with E-state index in [9.17, 15) is 18.8 Å². The first kappa shape index (κ1) is 24.0. The van der Waals surface area contributed by atoms with Gasteiger partial charge in [-0.25, -0.2) is 4.39 Å². The van der Waals surface area contributed by atoms with Crippen molar-refractivity contribution in [3.63, 3.8) is 0 Å². The number of aromatic nitrogens is 2. The fraction of sp³-hybridized carbons (Fsp3) is 0.407. The molecule has 3 amide bonds. The Hall–Kier alpha value is -3.75. The van der Waals surface area contributed by atoms with E-state index >= 15 is 0 Å². The molecule has 1 aliphatic carbocycles. The average molecular weight is 492 g/mol. The number of anilines is 1. The normalized spacial score (nSPS) is 20.3. The van der Waals surface area contributed by atoms with E-state index in [4.69, 9.17) is 0 Å². The summed E-state index contributed by atoms with van der Waals surface area (Å²) in [4.78, 5) is 45.8. The summed E-state index contributed by atoms with van der Waals surface area (Å²) in [5.74, 6) is -1.48. The van der Waals surface area contributed by atoms with Crippen LogP contribution in [0.1, 0.15) is 62.0 Å². The maximum Gasteiger partial charge on any atom is 0.273 e. The number of benzene rings is 1.